The molecule has 0 spiro atoms. The number of hydrogen-bond donors (Lipinski definition) is 1. The monoisotopic (exact) mass is 255 g/mol. The highest BCUT2D eigenvalue weighted by Crippen LogP contribution is 2.28. The van der Waals surface area contributed by atoms with Gasteiger partial charge in [0.05, 0.1) is 7.11 Å². The lowest BCUT2D eigenvalue weighted by Gasteiger charge is -2.21. The van der Waals surface area contributed by atoms with E-state index in [9.17, 15) is 4.39 Å². The number of methoxy groups -OCH3 is 1. The number of hydrogen-bond acceptors (Lipinski definition) is 3. The third kappa shape index (κ3) is 4.92. The Balaban J connectivity index is 2.75. The zero-order valence-electron chi connectivity index (χ0n) is 11.5. The predicted molar refractivity (Wildman–Crippen MR) is 71.1 cm³/mol. The molecule has 0 aliphatic rings. The molecule has 0 heterocycles. The number of halogens is 1. The Morgan fingerprint density at radius 3 is 2.50 bits per heavy atom. The molecule has 18 heavy (non-hydrogen) atoms. The maximum Gasteiger partial charge on any atom is 0.161 e. The molecule has 1 aromatic carbocycles. The Kier molecular flexibility index (Phi) is 5.41. The van der Waals surface area contributed by atoms with Crippen molar-refractivity contribution in [2.24, 2.45) is 0 Å². The van der Waals surface area contributed by atoms with Gasteiger partial charge in [-0.3, -0.25) is 0 Å². The first-order chi connectivity index (χ1) is 8.46. The maximum absolute atomic E-state index is 12.1. The van der Waals surface area contributed by atoms with Crippen LogP contribution >= 0.6 is 0 Å². The van der Waals surface area contributed by atoms with Crippen LogP contribution in [0, 0.1) is 0 Å². The van der Waals surface area contributed by atoms with Crippen LogP contribution in [0.2, 0.25) is 0 Å². The second-order valence-electron chi connectivity index (χ2n) is 5.13. The van der Waals surface area contributed by atoms with Gasteiger partial charge in [-0.15, -0.1) is 0 Å². The average molecular weight is 255 g/mol. The molecule has 0 unspecified atom stereocenters. The van der Waals surface area contributed by atoms with E-state index < -0.39 is 6.67 Å². The SMILES string of the molecule is COc1ccc(CNC(C)(C)C)cc1OCCF. The minimum Gasteiger partial charge on any atom is -0.493 e. The van der Waals surface area contributed by atoms with Crippen molar-refractivity contribution in [3.63, 3.8) is 0 Å². The summed E-state index contributed by atoms with van der Waals surface area (Å²) >= 11 is 0. The van der Waals surface area contributed by atoms with Gasteiger partial charge < -0.3 is 14.8 Å². The van der Waals surface area contributed by atoms with E-state index in [0.717, 1.165) is 12.1 Å². The number of alkyl halides is 1. The van der Waals surface area contributed by atoms with Gasteiger partial charge in [0.2, 0.25) is 0 Å². The molecule has 0 aliphatic carbocycles. The average Bonchev–Trinajstić information content (AvgIpc) is 2.33. The van der Waals surface area contributed by atoms with E-state index in [-0.39, 0.29) is 12.1 Å². The van der Waals surface area contributed by atoms with E-state index in [1.54, 1.807) is 7.11 Å². The van der Waals surface area contributed by atoms with Gasteiger partial charge in [0.1, 0.15) is 13.3 Å². The lowest BCUT2D eigenvalue weighted by atomic mass is 10.1. The van der Waals surface area contributed by atoms with E-state index in [1.165, 1.54) is 0 Å². The molecule has 0 aliphatic heterocycles. The lowest BCUT2D eigenvalue weighted by molar-refractivity contribution is 0.260. The van der Waals surface area contributed by atoms with Gasteiger partial charge in [-0.05, 0) is 38.5 Å². The van der Waals surface area contributed by atoms with Crippen LogP contribution in [-0.4, -0.2) is 25.9 Å². The van der Waals surface area contributed by atoms with Crippen molar-refractivity contribution >= 4 is 0 Å². The maximum atomic E-state index is 12.1. The molecule has 0 aromatic heterocycles. The molecule has 0 bridgehead atoms. The van der Waals surface area contributed by atoms with Gasteiger partial charge in [0.25, 0.3) is 0 Å². The Morgan fingerprint density at radius 2 is 1.94 bits per heavy atom. The molecule has 1 aromatic rings. The predicted octanol–water partition coefficient (Wildman–Crippen LogP) is 2.93. The largest absolute Gasteiger partial charge is 0.493 e. The summed E-state index contributed by atoms with van der Waals surface area (Å²) in [5.74, 6) is 1.21. The zero-order valence-corrected chi connectivity index (χ0v) is 11.5. The van der Waals surface area contributed by atoms with Gasteiger partial charge >= 0.3 is 0 Å². The van der Waals surface area contributed by atoms with Crippen LogP contribution in [0.4, 0.5) is 4.39 Å². The number of rotatable bonds is 6. The minimum atomic E-state index is -0.506. The van der Waals surface area contributed by atoms with Crippen molar-refractivity contribution < 1.29 is 13.9 Å². The van der Waals surface area contributed by atoms with Crippen LogP contribution in [0.3, 0.4) is 0 Å². The first-order valence-corrected chi connectivity index (χ1v) is 6.07. The molecule has 3 nitrogen and oxygen atoms in total. The van der Waals surface area contributed by atoms with Crippen LogP contribution in [0.5, 0.6) is 11.5 Å². The van der Waals surface area contributed by atoms with Crippen LogP contribution in [-0.2, 0) is 6.54 Å². The van der Waals surface area contributed by atoms with Crippen molar-refractivity contribution in [2.45, 2.75) is 32.9 Å². The fourth-order valence-corrected chi connectivity index (χ4v) is 1.46. The Hall–Kier alpha value is -1.29. The standard InChI is InChI=1S/C14H22FNO2/c1-14(2,3)16-10-11-5-6-12(17-4)13(9-11)18-8-7-15/h5-6,9,16H,7-8,10H2,1-4H3. The van der Waals surface area contributed by atoms with Crippen molar-refractivity contribution in [2.75, 3.05) is 20.4 Å². The van der Waals surface area contributed by atoms with Crippen LogP contribution < -0.4 is 14.8 Å². The minimum absolute atomic E-state index is 0.0481. The zero-order chi connectivity index (χ0) is 13.6. The van der Waals surface area contributed by atoms with Gasteiger partial charge in [-0.1, -0.05) is 6.07 Å². The van der Waals surface area contributed by atoms with E-state index in [1.807, 2.05) is 18.2 Å². The van der Waals surface area contributed by atoms with Crippen LogP contribution in [0.1, 0.15) is 26.3 Å². The van der Waals surface area contributed by atoms with Crippen LogP contribution in [0.15, 0.2) is 18.2 Å². The highest BCUT2D eigenvalue weighted by atomic mass is 19.1. The topological polar surface area (TPSA) is 30.5 Å². The first-order valence-electron chi connectivity index (χ1n) is 6.07. The molecule has 102 valence electrons. The van der Waals surface area contributed by atoms with E-state index in [0.29, 0.717) is 11.5 Å². The number of nitrogens with one attached hydrogen (secondary N) is 1. The molecule has 1 rings (SSSR count). The normalized spacial score (nSPS) is 11.4. The smallest absolute Gasteiger partial charge is 0.161 e. The van der Waals surface area contributed by atoms with Crippen molar-refractivity contribution in [1.29, 1.82) is 0 Å². The summed E-state index contributed by atoms with van der Waals surface area (Å²) in [6, 6.07) is 5.69. The highest BCUT2D eigenvalue weighted by Gasteiger charge is 2.10. The van der Waals surface area contributed by atoms with Gasteiger partial charge in [0.15, 0.2) is 11.5 Å². The van der Waals surface area contributed by atoms with Crippen molar-refractivity contribution in [3.8, 4) is 11.5 Å². The molecule has 0 atom stereocenters. The number of ether oxygens (including phenoxy) is 2. The molecule has 1 N–H and O–H groups in total. The highest BCUT2D eigenvalue weighted by molar-refractivity contribution is 5.43. The summed E-state index contributed by atoms with van der Waals surface area (Å²) in [6.07, 6.45) is 0. The molecule has 0 amide bonds. The number of benzene rings is 1. The first kappa shape index (κ1) is 14.8. The second kappa shape index (κ2) is 6.59. The summed E-state index contributed by atoms with van der Waals surface area (Å²) in [4.78, 5) is 0. The molecule has 0 fully saturated rings. The Bertz CT molecular complexity index is 375. The lowest BCUT2D eigenvalue weighted by Crippen LogP contribution is -2.35. The molecule has 0 radical (unpaired) electrons. The molecule has 0 saturated heterocycles. The second-order valence-corrected chi connectivity index (χ2v) is 5.13. The van der Waals surface area contributed by atoms with E-state index in [2.05, 4.69) is 26.1 Å². The van der Waals surface area contributed by atoms with Gasteiger partial charge in [0, 0.05) is 12.1 Å². The molecular weight excluding hydrogens is 233 g/mol. The van der Waals surface area contributed by atoms with Gasteiger partial charge in [-0.2, -0.15) is 0 Å². The van der Waals surface area contributed by atoms with Crippen LogP contribution in [0.25, 0.3) is 0 Å². The quantitative estimate of drug-likeness (QED) is 0.847. The third-order valence-electron chi connectivity index (χ3n) is 2.39. The Labute approximate surface area is 108 Å². The molecule has 0 saturated carbocycles. The third-order valence-corrected chi connectivity index (χ3v) is 2.39. The fraction of sp³-hybridized carbons (Fsp3) is 0.571. The van der Waals surface area contributed by atoms with E-state index >= 15 is 0 Å². The molecule has 4 heteroatoms. The van der Waals surface area contributed by atoms with Gasteiger partial charge in [-0.25, -0.2) is 4.39 Å². The summed E-state index contributed by atoms with van der Waals surface area (Å²) in [5, 5.41) is 3.39. The Morgan fingerprint density at radius 1 is 1.22 bits per heavy atom. The van der Waals surface area contributed by atoms with E-state index in [4.69, 9.17) is 9.47 Å². The summed E-state index contributed by atoms with van der Waals surface area (Å²) in [5.41, 5.74) is 1.14. The van der Waals surface area contributed by atoms with Crippen molar-refractivity contribution in [3.05, 3.63) is 23.8 Å². The summed E-state index contributed by atoms with van der Waals surface area (Å²) in [6.45, 7) is 6.60. The summed E-state index contributed by atoms with van der Waals surface area (Å²) < 4.78 is 22.6. The molecular formula is C14H22FNO2. The summed E-state index contributed by atoms with van der Waals surface area (Å²) in [7, 11) is 1.57. The fourth-order valence-electron chi connectivity index (χ4n) is 1.46. The van der Waals surface area contributed by atoms with Crippen molar-refractivity contribution in [1.82, 2.24) is 5.32 Å².